The molecule has 0 spiro atoms. The lowest BCUT2D eigenvalue weighted by molar-refractivity contribution is 0.274. The Bertz CT molecular complexity index is 411. The molecule has 4 heteroatoms. The highest BCUT2D eigenvalue weighted by atomic mass is 32.2. The van der Waals surface area contributed by atoms with Crippen LogP contribution in [0, 0.1) is 0 Å². The minimum Gasteiger partial charge on any atom is -0.270 e. The van der Waals surface area contributed by atoms with Crippen molar-refractivity contribution in [3.05, 3.63) is 35.9 Å². The lowest BCUT2D eigenvalue weighted by atomic mass is 10.1. The van der Waals surface area contributed by atoms with Crippen molar-refractivity contribution in [3.8, 4) is 0 Å². The van der Waals surface area contributed by atoms with Crippen molar-refractivity contribution >= 4 is 10.1 Å². The van der Waals surface area contributed by atoms with E-state index in [0.29, 0.717) is 19.4 Å². The van der Waals surface area contributed by atoms with Crippen molar-refractivity contribution in [3.63, 3.8) is 0 Å². The van der Waals surface area contributed by atoms with Gasteiger partial charge in [-0.1, -0.05) is 30.3 Å². The van der Waals surface area contributed by atoms with E-state index in [1.54, 1.807) is 0 Å². The summed E-state index contributed by atoms with van der Waals surface area (Å²) in [6, 6.07) is 9.67. The largest absolute Gasteiger partial charge is 0.270 e. The first-order valence-corrected chi connectivity index (χ1v) is 6.58. The van der Waals surface area contributed by atoms with E-state index in [9.17, 15) is 8.42 Å². The topological polar surface area (TPSA) is 43.4 Å². The first kappa shape index (κ1) is 10.6. The highest BCUT2D eigenvalue weighted by molar-refractivity contribution is 7.87. The second-order valence-corrected chi connectivity index (χ2v) is 5.66. The fraction of sp³-hybridized carbons (Fsp3) is 0.455. The third-order valence-corrected chi connectivity index (χ3v) is 4.35. The quantitative estimate of drug-likeness (QED) is 0.721. The molecule has 1 aliphatic rings. The molecule has 1 fully saturated rings. The predicted molar refractivity (Wildman–Crippen MR) is 58.0 cm³/mol. The Morgan fingerprint density at radius 2 is 2.00 bits per heavy atom. The second kappa shape index (κ2) is 4.33. The van der Waals surface area contributed by atoms with E-state index in [2.05, 4.69) is 0 Å². The highest BCUT2D eigenvalue weighted by Crippen LogP contribution is 2.21. The van der Waals surface area contributed by atoms with E-state index in [-0.39, 0.29) is 5.25 Å². The molecular formula is C11H14O3S. The number of hydrogen-bond acceptors (Lipinski definition) is 3. The van der Waals surface area contributed by atoms with Crippen LogP contribution in [0.25, 0.3) is 0 Å². The van der Waals surface area contributed by atoms with Gasteiger partial charge in [0.1, 0.15) is 0 Å². The molecule has 1 aromatic rings. The van der Waals surface area contributed by atoms with Gasteiger partial charge >= 0.3 is 0 Å². The van der Waals surface area contributed by atoms with Gasteiger partial charge in [0.25, 0.3) is 10.1 Å². The molecular weight excluding hydrogens is 212 g/mol. The molecule has 0 radical (unpaired) electrons. The summed E-state index contributed by atoms with van der Waals surface area (Å²) in [5.41, 5.74) is 1.05. The normalized spacial score (nSPS) is 24.9. The Kier molecular flexibility index (Phi) is 3.07. The van der Waals surface area contributed by atoms with Crippen LogP contribution in [0.4, 0.5) is 0 Å². The van der Waals surface area contributed by atoms with Gasteiger partial charge in [-0.25, -0.2) is 0 Å². The smallest absolute Gasteiger partial charge is 0.270 e. The lowest BCUT2D eigenvalue weighted by Crippen LogP contribution is -2.30. The van der Waals surface area contributed by atoms with Gasteiger partial charge in [-0.05, 0) is 24.8 Å². The third kappa shape index (κ3) is 2.58. The maximum absolute atomic E-state index is 11.6. The predicted octanol–water partition coefficient (Wildman–Crippen LogP) is 1.74. The molecule has 1 aromatic carbocycles. The molecule has 1 aliphatic heterocycles. The monoisotopic (exact) mass is 226 g/mol. The number of hydrogen-bond donors (Lipinski definition) is 0. The summed E-state index contributed by atoms with van der Waals surface area (Å²) in [4.78, 5) is 0. The molecule has 1 heterocycles. The SMILES string of the molecule is O=S1(=O)OCCCC1Cc1ccccc1. The van der Waals surface area contributed by atoms with Gasteiger partial charge in [0.15, 0.2) is 0 Å². The van der Waals surface area contributed by atoms with Gasteiger partial charge in [-0.3, -0.25) is 4.18 Å². The summed E-state index contributed by atoms with van der Waals surface area (Å²) < 4.78 is 28.0. The van der Waals surface area contributed by atoms with Crippen LogP contribution in [0.1, 0.15) is 18.4 Å². The second-order valence-electron chi connectivity index (χ2n) is 3.77. The Balaban J connectivity index is 2.12. The zero-order valence-corrected chi connectivity index (χ0v) is 9.24. The van der Waals surface area contributed by atoms with Crippen molar-refractivity contribution in [1.29, 1.82) is 0 Å². The molecule has 0 amide bonds. The van der Waals surface area contributed by atoms with E-state index in [1.807, 2.05) is 30.3 Å². The summed E-state index contributed by atoms with van der Waals surface area (Å²) in [6.07, 6.45) is 2.09. The Hall–Kier alpha value is -0.870. The standard InChI is InChI=1S/C11H14O3S/c12-15(13)11(7-4-8-14-15)9-10-5-2-1-3-6-10/h1-3,5-6,11H,4,7-9H2. The van der Waals surface area contributed by atoms with E-state index in [4.69, 9.17) is 4.18 Å². The fourth-order valence-corrected chi connectivity index (χ4v) is 3.20. The minimum atomic E-state index is -3.32. The fourth-order valence-electron chi connectivity index (χ4n) is 1.81. The summed E-state index contributed by atoms with van der Waals surface area (Å²) in [7, 11) is -3.32. The van der Waals surface area contributed by atoms with Crippen molar-refractivity contribution in [2.45, 2.75) is 24.5 Å². The van der Waals surface area contributed by atoms with Crippen LogP contribution >= 0.6 is 0 Å². The number of rotatable bonds is 2. The summed E-state index contributed by atoms with van der Waals surface area (Å²) >= 11 is 0. The lowest BCUT2D eigenvalue weighted by Gasteiger charge is -2.21. The summed E-state index contributed by atoms with van der Waals surface area (Å²) in [5, 5.41) is -0.367. The number of benzene rings is 1. The van der Waals surface area contributed by atoms with Crippen molar-refractivity contribution in [2.75, 3.05) is 6.61 Å². The molecule has 1 unspecified atom stereocenters. The Morgan fingerprint density at radius 1 is 1.27 bits per heavy atom. The van der Waals surface area contributed by atoms with E-state index >= 15 is 0 Å². The summed E-state index contributed by atoms with van der Waals surface area (Å²) in [5.74, 6) is 0. The zero-order chi connectivity index (χ0) is 10.7. The Morgan fingerprint density at radius 3 is 2.67 bits per heavy atom. The van der Waals surface area contributed by atoms with Crippen LogP contribution in [0.15, 0.2) is 30.3 Å². The highest BCUT2D eigenvalue weighted by Gasteiger charge is 2.29. The van der Waals surface area contributed by atoms with Crippen molar-refractivity contribution < 1.29 is 12.6 Å². The van der Waals surface area contributed by atoms with Crippen LogP contribution in [-0.4, -0.2) is 20.3 Å². The van der Waals surface area contributed by atoms with Gasteiger partial charge in [0.05, 0.1) is 11.9 Å². The van der Waals surface area contributed by atoms with Gasteiger partial charge < -0.3 is 0 Å². The van der Waals surface area contributed by atoms with Crippen molar-refractivity contribution in [2.24, 2.45) is 0 Å². The van der Waals surface area contributed by atoms with Crippen LogP contribution < -0.4 is 0 Å². The molecule has 15 heavy (non-hydrogen) atoms. The van der Waals surface area contributed by atoms with Gasteiger partial charge in [-0.15, -0.1) is 0 Å². The van der Waals surface area contributed by atoms with Gasteiger partial charge in [0.2, 0.25) is 0 Å². The molecule has 82 valence electrons. The first-order chi connectivity index (χ1) is 7.18. The molecule has 0 N–H and O–H groups in total. The average molecular weight is 226 g/mol. The molecule has 2 rings (SSSR count). The average Bonchev–Trinajstić information content (AvgIpc) is 2.23. The molecule has 3 nitrogen and oxygen atoms in total. The molecule has 0 saturated carbocycles. The third-order valence-electron chi connectivity index (χ3n) is 2.63. The van der Waals surface area contributed by atoms with Gasteiger partial charge in [-0.2, -0.15) is 8.42 Å². The van der Waals surface area contributed by atoms with Gasteiger partial charge in [0, 0.05) is 0 Å². The Labute approximate surface area is 90.2 Å². The molecule has 0 aromatic heterocycles. The molecule has 0 bridgehead atoms. The molecule has 0 aliphatic carbocycles. The van der Waals surface area contributed by atoms with E-state index in [0.717, 1.165) is 12.0 Å². The zero-order valence-electron chi connectivity index (χ0n) is 8.43. The van der Waals surface area contributed by atoms with E-state index in [1.165, 1.54) is 0 Å². The van der Waals surface area contributed by atoms with Crippen LogP contribution in [0.2, 0.25) is 0 Å². The van der Waals surface area contributed by atoms with Crippen molar-refractivity contribution in [1.82, 2.24) is 0 Å². The van der Waals surface area contributed by atoms with Crippen LogP contribution in [0.3, 0.4) is 0 Å². The maximum Gasteiger partial charge on any atom is 0.270 e. The first-order valence-electron chi connectivity index (χ1n) is 5.11. The molecule has 1 atom stereocenters. The molecule has 1 saturated heterocycles. The van der Waals surface area contributed by atoms with Crippen LogP contribution in [0.5, 0.6) is 0 Å². The van der Waals surface area contributed by atoms with Crippen LogP contribution in [-0.2, 0) is 20.7 Å². The maximum atomic E-state index is 11.6. The summed E-state index contributed by atoms with van der Waals surface area (Å²) in [6.45, 7) is 0.341. The van der Waals surface area contributed by atoms with E-state index < -0.39 is 10.1 Å². The minimum absolute atomic E-state index is 0.341.